The number of nitrogens with one attached hydrogen (secondary N) is 1. The first-order valence-electron chi connectivity index (χ1n) is 5.40. The molecule has 2 rings (SSSR count). The van der Waals surface area contributed by atoms with Crippen LogP contribution in [0.25, 0.3) is 0 Å². The molecular formula is C12H9BrN2O5. The minimum absolute atomic E-state index is 0.147. The number of nitro groups is 1. The Bertz CT molecular complexity index is 668. The molecule has 0 saturated carbocycles. The van der Waals surface area contributed by atoms with Gasteiger partial charge in [0.05, 0.1) is 18.9 Å². The lowest BCUT2D eigenvalue weighted by molar-refractivity contribution is -0.402. The molecule has 0 saturated heterocycles. The van der Waals surface area contributed by atoms with Crippen molar-refractivity contribution in [3.63, 3.8) is 0 Å². The van der Waals surface area contributed by atoms with E-state index in [1.54, 1.807) is 18.2 Å². The zero-order valence-corrected chi connectivity index (χ0v) is 11.8. The predicted octanol–water partition coefficient (Wildman–Crippen LogP) is 3.21. The fourth-order valence-electron chi connectivity index (χ4n) is 1.46. The summed E-state index contributed by atoms with van der Waals surface area (Å²) in [7, 11) is 1.50. The van der Waals surface area contributed by atoms with Crippen LogP contribution in [0.5, 0.6) is 5.75 Å². The van der Waals surface area contributed by atoms with Crippen molar-refractivity contribution in [1.82, 2.24) is 0 Å². The van der Waals surface area contributed by atoms with Crippen LogP contribution in [0.3, 0.4) is 0 Å². The number of carbonyl (C=O) groups is 1. The van der Waals surface area contributed by atoms with E-state index in [1.165, 1.54) is 13.2 Å². The van der Waals surface area contributed by atoms with Gasteiger partial charge in [-0.15, -0.1) is 0 Å². The molecule has 0 bridgehead atoms. The fourth-order valence-corrected chi connectivity index (χ4v) is 1.80. The molecule has 1 amide bonds. The van der Waals surface area contributed by atoms with E-state index in [2.05, 4.69) is 21.2 Å². The number of anilines is 1. The van der Waals surface area contributed by atoms with Crippen LogP contribution in [0.2, 0.25) is 0 Å². The lowest BCUT2D eigenvalue weighted by atomic mass is 10.3. The monoisotopic (exact) mass is 340 g/mol. The second-order valence-corrected chi connectivity index (χ2v) is 4.55. The van der Waals surface area contributed by atoms with Gasteiger partial charge in [-0.25, -0.2) is 0 Å². The van der Waals surface area contributed by atoms with Crippen molar-refractivity contribution in [2.45, 2.75) is 0 Å². The first-order valence-corrected chi connectivity index (χ1v) is 6.19. The van der Waals surface area contributed by atoms with Crippen LogP contribution >= 0.6 is 15.9 Å². The van der Waals surface area contributed by atoms with Gasteiger partial charge in [-0.1, -0.05) is 0 Å². The molecule has 0 radical (unpaired) electrons. The number of methoxy groups -OCH3 is 1. The number of furan rings is 1. The number of hydrogen-bond donors (Lipinski definition) is 1. The van der Waals surface area contributed by atoms with Gasteiger partial charge in [0.1, 0.15) is 10.7 Å². The maximum atomic E-state index is 11.9. The van der Waals surface area contributed by atoms with E-state index < -0.39 is 16.7 Å². The molecule has 0 fully saturated rings. The second-order valence-electron chi connectivity index (χ2n) is 3.69. The lowest BCUT2D eigenvalue weighted by Gasteiger charge is -2.07. The highest BCUT2D eigenvalue weighted by Gasteiger charge is 2.18. The van der Waals surface area contributed by atoms with Gasteiger partial charge in [-0.2, -0.15) is 0 Å². The molecule has 0 atom stereocenters. The molecule has 0 aliphatic heterocycles. The van der Waals surface area contributed by atoms with Crippen molar-refractivity contribution in [2.24, 2.45) is 0 Å². The van der Waals surface area contributed by atoms with E-state index in [9.17, 15) is 14.9 Å². The van der Waals surface area contributed by atoms with Crippen molar-refractivity contribution < 1.29 is 18.9 Å². The Hall–Kier alpha value is -2.35. The Morgan fingerprint density at radius 2 is 2.15 bits per heavy atom. The van der Waals surface area contributed by atoms with E-state index >= 15 is 0 Å². The van der Waals surface area contributed by atoms with Gasteiger partial charge in [-0.3, -0.25) is 14.9 Å². The van der Waals surface area contributed by atoms with Crippen LogP contribution in [0.15, 0.2) is 39.2 Å². The molecule has 20 heavy (non-hydrogen) atoms. The van der Waals surface area contributed by atoms with Gasteiger partial charge >= 0.3 is 5.88 Å². The standard InChI is InChI=1S/C12H9BrN2O5/c1-19-7-2-3-8(13)9(6-7)14-12(16)10-4-5-11(20-10)15(17)18/h2-6H,1H3,(H,14,16). The quantitative estimate of drug-likeness (QED) is 0.681. The zero-order valence-electron chi connectivity index (χ0n) is 10.3. The Labute approximate surface area is 121 Å². The minimum atomic E-state index is -0.710. The molecule has 1 N–H and O–H groups in total. The summed E-state index contributed by atoms with van der Waals surface area (Å²) < 4.78 is 10.5. The molecule has 1 aromatic heterocycles. The number of amides is 1. The second kappa shape index (κ2) is 5.74. The Kier molecular flexibility index (Phi) is 4.04. The molecule has 7 nitrogen and oxygen atoms in total. The number of rotatable bonds is 4. The van der Waals surface area contributed by atoms with Crippen molar-refractivity contribution in [1.29, 1.82) is 0 Å². The summed E-state index contributed by atoms with van der Waals surface area (Å²) in [6, 6.07) is 7.40. The maximum absolute atomic E-state index is 11.9. The summed E-state index contributed by atoms with van der Waals surface area (Å²) in [6.07, 6.45) is 0. The summed E-state index contributed by atoms with van der Waals surface area (Å²) >= 11 is 3.28. The molecule has 104 valence electrons. The minimum Gasteiger partial charge on any atom is -0.497 e. The number of benzene rings is 1. The van der Waals surface area contributed by atoms with Gasteiger partial charge in [-0.05, 0) is 34.1 Å². The van der Waals surface area contributed by atoms with E-state index in [4.69, 9.17) is 9.15 Å². The van der Waals surface area contributed by atoms with Crippen molar-refractivity contribution in [3.8, 4) is 5.75 Å². The zero-order chi connectivity index (χ0) is 14.7. The van der Waals surface area contributed by atoms with Crippen LogP contribution < -0.4 is 10.1 Å². The van der Waals surface area contributed by atoms with Crippen LogP contribution in [0.1, 0.15) is 10.6 Å². The highest BCUT2D eigenvalue weighted by molar-refractivity contribution is 9.10. The van der Waals surface area contributed by atoms with Gasteiger partial charge in [0.15, 0.2) is 5.76 Å². The van der Waals surface area contributed by atoms with E-state index in [0.29, 0.717) is 15.9 Å². The summed E-state index contributed by atoms with van der Waals surface area (Å²) in [5.41, 5.74) is 0.466. The van der Waals surface area contributed by atoms with Crippen LogP contribution in [-0.2, 0) is 0 Å². The third-order valence-electron chi connectivity index (χ3n) is 2.42. The SMILES string of the molecule is COc1ccc(Br)c(NC(=O)c2ccc([N+](=O)[O-])o2)c1. The largest absolute Gasteiger partial charge is 0.497 e. The third-order valence-corrected chi connectivity index (χ3v) is 3.11. The molecule has 1 aromatic carbocycles. The predicted molar refractivity (Wildman–Crippen MR) is 74.0 cm³/mol. The van der Waals surface area contributed by atoms with Gasteiger partial charge in [0.2, 0.25) is 0 Å². The van der Waals surface area contributed by atoms with Crippen LogP contribution in [-0.4, -0.2) is 17.9 Å². The number of ether oxygens (including phenoxy) is 1. The van der Waals surface area contributed by atoms with Crippen molar-refractivity contribution >= 4 is 33.4 Å². The first-order chi connectivity index (χ1) is 9.51. The lowest BCUT2D eigenvalue weighted by Crippen LogP contribution is -2.11. The van der Waals surface area contributed by atoms with Crippen molar-refractivity contribution in [2.75, 3.05) is 12.4 Å². The first kappa shape index (κ1) is 14.1. The molecule has 0 unspecified atom stereocenters. The highest BCUT2D eigenvalue weighted by Crippen LogP contribution is 2.28. The average Bonchev–Trinajstić information content (AvgIpc) is 2.91. The number of carbonyl (C=O) groups excluding carboxylic acids is 1. The van der Waals surface area contributed by atoms with Crippen LogP contribution in [0.4, 0.5) is 11.6 Å². The summed E-state index contributed by atoms with van der Waals surface area (Å²) in [6.45, 7) is 0. The topological polar surface area (TPSA) is 94.6 Å². The van der Waals surface area contributed by atoms with E-state index in [1.807, 2.05) is 0 Å². The third kappa shape index (κ3) is 2.97. The molecule has 8 heteroatoms. The molecule has 0 aliphatic rings. The molecule has 1 heterocycles. The number of nitrogens with zero attached hydrogens (tertiary/aromatic N) is 1. The molecule has 0 aliphatic carbocycles. The Morgan fingerprint density at radius 1 is 1.40 bits per heavy atom. The van der Waals surface area contributed by atoms with Gasteiger partial charge in [0.25, 0.3) is 5.91 Å². The average molecular weight is 341 g/mol. The van der Waals surface area contributed by atoms with Crippen LogP contribution in [0, 0.1) is 10.1 Å². The molecule has 0 spiro atoms. The Morgan fingerprint density at radius 3 is 2.75 bits per heavy atom. The molecule has 2 aromatic rings. The van der Waals surface area contributed by atoms with Crippen molar-refractivity contribution in [3.05, 3.63) is 50.7 Å². The normalized spacial score (nSPS) is 10.1. The van der Waals surface area contributed by atoms with Gasteiger partial charge < -0.3 is 14.5 Å². The Balaban J connectivity index is 2.20. The smallest absolute Gasteiger partial charge is 0.433 e. The summed E-state index contributed by atoms with van der Waals surface area (Å²) in [4.78, 5) is 21.7. The van der Waals surface area contributed by atoms with E-state index in [-0.39, 0.29) is 5.76 Å². The van der Waals surface area contributed by atoms with Gasteiger partial charge in [0, 0.05) is 10.5 Å². The fraction of sp³-hybridized carbons (Fsp3) is 0.0833. The highest BCUT2D eigenvalue weighted by atomic mass is 79.9. The van der Waals surface area contributed by atoms with E-state index in [0.717, 1.165) is 6.07 Å². The summed E-state index contributed by atoms with van der Waals surface area (Å²) in [5, 5.41) is 13.1. The molecular weight excluding hydrogens is 332 g/mol. The number of halogens is 1. The summed E-state index contributed by atoms with van der Waals surface area (Å²) in [5.74, 6) is -0.660. The number of hydrogen-bond acceptors (Lipinski definition) is 5. The maximum Gasteiger partial charge on any atom is 0.433 e.